The van der Waals surface area contributed by atoms with Gasteiger partial charge in [0.1, 0.15) is 0 Å². The molecule has 21 heavy (non-hydrogen) atoms. The predicted molar refractivity (Wildman–Crippen MR) is 85.3 cm³/mol. The van der Waals surface area contributed by atoms with Crippen LogP contribution in [0, 0.1) is 25.7 Å². The Balaban J connectivity index is 2.19. The fourth-order valence-corrected chi connectivity index (χ4v) is 3.75. The predicted octanol–water partition coefficient (Wildman–Crippen LogP) is 3.90. The highest BCUT2D eigenvalue weighted by atomic mass is 79.9. The van der Waals surface area contributed by atoms with Crippen LogP contribution in [0.25, 0.3) is 0 Å². The molecule has 114 valence electrons. The van der Waals surface area contributed by atoms with Gasteiger partial charge >= 0.3 is 5.97 Å². The molecule has 1 fully saturated rings. The van der Waals surface area contributed by atoms with Crippen molar-refractivity contribution < 1.29 is 14.7 Å². The Morgan fingerprint density at radius 3 is 2.19 bits per heavy atom. The number of amides is 1. The third-order valence-corrected chi connectivity index (χ3v) is 4.62. The standard InChI is InChI=1S/C16H20BrNO3/c1-9-7-11(17)8-10(2)14(9)18-15(19)12-5-3-4-6-13(12)16(20)21/h7-8,12-13H,3-6H2,1-2H3,(H,18,19)(H,20,21)/t12-,13+/m1/s1. The highest BCUT2D eigenvalue weighted by molar-refractivity contribution is 9.10. The van der Waals surface area contributed by atoms with Gasteiger partial charge in [-0.1, -0.05) is 28.8 Å². The van der Waals surface area contributed by atoms with Crippen LogP contribution < -0.4 is 5.32 Å². The van der Waals surface area contributed by atoms with E-state index in [9.17, 15) is 14.7 Å². The van der Waals surface area contributed by atoms with Crippen molar-refractivity contribution in [3.05, 3.63) is 27.7 Å². The van der Waals surface area contributed by atoms with Crippen molar-refractivity contribution in [2.24, 2.45) is 11.8 Å². The van der Waals surface area contributed by atoms with Gasteiger partial charge in [-0.25, -0.2) is 0 Å². The van der Waals surface area contributed by atoms with Gasteiger partial charge in [-0.3, -0.25) is 9.59 Å². The van der Waals surface area contributed by atoms with E-state index < -0.39 is 17.8 Å². The number of carboxylic acid groups (broad SMARTS) is 1. The summed E-state index contributed by atoms with van der Waals surface area (Å²) in [5.74, 6) is -2.02. The van der Waals surface area contributed by atoms with Crippen molar-refractivity contribution in [1.29, 1.82) is 0 Å². The molecular formula is C16H20BrNO3. The number of rotatable bonds is 3. The molecule has 0 radical (unpaired) electrons. The minimum Gasteiger partial charge on any atom is -0.481 e. The Kier molecular flexibility index (Phi) is 5.04. The third kappa shape index (κ3) is 3.64. The first kappa shape index (κ1) is 16.0. The molecule has 1 aliphatic rings. The zero-order chi connectivity index (χ0) is 15.6. The summed E-state index contributed by atoms with van der Waals surface area (Å²) in [5, 5.41) is 12.2. The van der Waals surface area contributed by atoms with Crippen molar-refractivity contribution in [3.63, 3.8) is 0 Å². The summed E-state index contributed by atoms with van der Waals surface area (Å²) in [4.78, 5) is 23.8. The van der Waals surface area contributed by atoms with Crippen LogP contribution in [0.1, 0.15) is 36.8 Å². The minimum atomic E-state index is -0.862. The summed E-state index contributed by atoms with van der Waals surface area (Å²) in [7, 11) is 0. The zero-order valence-electron chi connectivity index (χ0n) is 12.3. The average Bonchev–Trinajstić information content (AvgIpc) is 2.42. The van der Waals surface area contributed by atoms with Gasteiger partial charge in [0.25, 0.3) is 0 Å². The number of aliphatic carboxylic acids is 1. The molecule has 2 N–H and O–H groups in total. The molecule has 0 bridgehead atoms. The van der Waals surface area contributed by atoms with E-state index in [0.717, 1.165) is 34.1 Å². The summed E-state index contributed by atoms with van der Waals surface area (Å²) in [5.41, 5.74) is 2.73. The molecule has 5 heteroatoms. The smallest absolute Gasteiger partial charge is 0.307 e. The number of carbonyl (C=O) groups excluding carboxylic acids is 1. The maximum atomic E-state index is 12.5. The maximum absolute atomic E-state index is 12.5. The SMILES string of the molecule is Cc1cc(Br)cc(C)c1NC(=O)[C@@H]1CCCC[C@@H]1C(=O)O. The highest BCUT2D eigenvalue weighted by Crippen LogP contribution is 2.32. The number of anilines is 1. The fraction of sp³-hybridized carbons (Fsp3) is 0.500. The molecule has 1 aromatic rings. The van der Waals surface area contributed by atoms with Crippen LogP contribution in [0.5, 0.6) is 0 Å². The van der Waals surface area contributed by atoms with Crippen LogP contribution in [0.15, 0.2) is 16.6 Å². The second kappa shape index (κ2) is 6.60. The van der Waals surface area contributed by atoms with E-state index in [1.165, 1.54) is 0 Å². The maximum Gasteiger partial charge on any atom is 0.307 e. The van der Waals surface area contributed by atoms with Crippen LogP contribution in [0.4, 0.5) is 5.69 Å². The van der Waals surface area contributed by atoms with E-state index in [-0.39, 0.29) is 5.91 Å². The lowest BCUT2D eigenvalue weighted by Gasteiger charge is -2.28. The molecule has 2 atom stereocenters. The Morgan fingerprint density at radius 2 is 1.67 bits per heavy atom. The number of hydrogen-bond acceptors (Lipinski definition) is 2. The van der Waals surface area contributed by atoms with E-state index in [2.05, 4.69) is 21.2 Å². The number of halogens is 1. The highest BCUT2D eigenvalue weighted by Gasteiger charge is 2.35. The van der Waals surface area contributed by atoms with Gasteiger partial charge in [-0.05, 0) is 49.9 Å². The third-order valence-electron chi connectivity index (χ3n) is 4.17. The number of hydrogen-bond donors (Lipinski definition) is 2. The number of aryl methyl sites for hydroxylation is 2. The summed E-state index contributed by atoms with van der Waals surface area (Å²) in [6.45, 7) is 3.87. The molecule has 0 aromatic heterocycles. The number of carbonyl (C=O) groups is 2. The van der Waals surface area contributed by atoms with Crippen molar-refractivity contribution in [2.45, 2.75) is 39.5 Å². The Hall–Kier alpha value is -1.36. The van der Waals surface area contributed by atoms with Gasteiger partial charge in [-0.2, -0.15) is 0 Å². The Morgan fingerprint density at radius 1 is 1.14 bits per heavy atom. The lowest BCUT2D eigenvalue weighted by molar-refractivity contribution is -0.147. The van der Waals surface area contributed by atoms with Crippen molar-refractivity contribution in [2.75, 3.05) is 5.32 Å². The molecule has 1 saturated carbocycles. The molecule has 0 saturated heterocycles. The van der Waals surface area contributed by atoms with E-state index >= 15 is 0 Å². The monoisotopic (exact) mass is 353 g/mol. The first-order valence-electron chi connectivity index (χ1n) is 7.20. The van der Waals surface area contributed by atoms with E-state index in [0.29, 0.717) is 12.8 Å². The Labute approximate surface area is 133 Å². The van der Waals surface area contributed by atoms with Gasteiger partial charge in [0.2, 0.25) is 5.91 Å². The second-order valence-corrected chi connectivity index (χ2v) is 6.66. The first-order valence-corrected chi connectivity index (χ1v) is 8.00. The molecule has 0 unspecified atom stereocenters. The minimum absolute atomic E-state index is 0.171. The molecule has 1 amide bonds. The van der Waals surface area contributed by atoms with Crippen LogP contribution in [-0.2, 0) is 9.59 Å². The molecule has 1 aliphatic carbocycles. The summed E-state index contributed by atoms with van der Waals surface area (Å²) in [6, 6.07) is 3.89. The largest absolute Gasteiger partial charge is 0.481 e. The molecule has 0 spiro atoms. The lowest BCUT2D eigenvalue weighted by Crippen LogP contribution is -2.36. The molecule has 1 aromatic carbocycles. The van der Waals surface area contributed by atoms with Gasteiger partial charge < -0.3 is 10.4 Å². The van der Waals surface area contributed by atoms with E-state index in [1.54, 1.807) is 0 Å². The van der Waals surface area contributed by atoms with Gasteiger partial charge in [0, 0.05) is 10.2 Å². The van der Waals surface area contributed by atoms with Crippen LogP contribution >= 0.6 is 15.9 Å². The number of benzene rings is 1. The van der Waals surface area contributed by atoms with Crippen LogP contribution in [0.2, 0.25) is 0 Å². The van der Waals surface area contributed by atoms with Crippen LogP contribution in [0.3, 0.4) is 0 Å². The topological polar surface area (TPSA) is 66.4 Å². The van der Waals surface area contributed by atoms with Gasteiger partial charge in [0.15, 0.2) is 0 Å². The van der Waals surface area contributed by atoms with E-state index in [1.807, 2.05) is 26.0 Å². The lowest BCUT2D eigenvalue weighted by atomic mass is 9.78. The molecule has 2 rings (SSSR count). The number of nitrogens with one attached hydrogen (secondary N) is 1. The average molecular weight is 354 g/mol. The zero-order valence-corrected chi connectivity index (χ0v) is 13.9. The quantitative estimate of drug-likeness (QED) is 0.865. The van der Waals surface area contributed by atoms with Gasteiger partial charge in [0.05, 0.1) is 11.8 Å². The van der Waals surface area contributed by atoms with Crippen molar-refractivity contribution >= 4 is 33.5 Å². The molecular weight excluding hydrogens is 334 g/mol. The second-order valence-electron chi connectivity index (χ2n) is 5.74. The fourth-order valence-electron chi connectivity index (χ4n) is 3.06. The van der Waals surface area contributed by atoms with Gasteiger partial charge in [-0.15, -0.1) is 0 Å². The number of carboxylic acids is 1. The van der Waals surface area contributed by atoms with Crippen molar-refractivity contribution in [1.82, 2.24) is 0 Å². The molecule has 0 heterocycles. The van der Waals surface area contributed by atoms with Crippen molar-refractivity contribution in [3.8, 4) is 0 Å². The normalized spacial score (nSPS) is 21.9. The molecule has 4 nitrogen and oxygen atoms in total. The summed E-state index contributed by atoms with van der Waals surface area (Å²) < 4.78 is 0.969. The molecule has 0 aliphatic heterocycles. The summed E-state index contributed by atoms with van der Waals surface area (Å²) >= 11 is 3.43. The Bertz CT molecular complexity index is 548. The first-order chi connectivity index (χ1) is 9.90. The van der Waals surface area contributed by atoms with Crippen LogP contribution in [-0.4, -0.2) is 17.0 Å². The van der Waals surface area contributed by atoms with E-state index in [4.69, 9.17) is 0 Å². The summed E-state index contributed by atoms with van der Waals surface area (Å²) in [6.07, 6.45) is 3.04.